The van der Waals surface area contributed by atoms with Gasteiger partial charge in [-0.2, -0.15) is 5.10 Å². The first kappa shape index (κ1) is 15.4. The number of unbranched alkanes of at least 4 members (excludes halogenated alkanes) is 1. The molecule has 0 aliphatic rings. The Balaban J connectivity index is 2.95. The zero-order chi connectivity index (χ0) is 14.4. The first-order chi connectivity index (χ1) is 9.01. The van der Waals surface area contributed by atoms with Crippen LogP contribution in [0.25, 0.3) is 0 Å². The van der Waals surface area contributed by atoms with Crippen molar-refractivity contribution in [1.29, 1.82) is 0 Å². The molecule has 0 aromatic carbocycles. The number of carbonyl (C=O) groups excluding carboxylic acids is 1. The predicted octanol–water partition coefficient (Wildman–Crippen LogP) is 1.91. The van der Waals surface area contributed by atoms with Gasteiger partial charge in [0, 0.05) is 25.7 Å². The third-order valence-corrected chi connectivity index (χ3v) is 3.38. The van der Waals surface area contributed by atoms with E-state index in [0.29, 0.717) is 12.2 Å². The molecule has 1 rings (SSSR count). The standard InChI is InChI=1S/C14H23N3O2/c1-5-7-10-17-13(18)9-8-12(15-17)14(19)16(4)11(3)6-2/h8-9,11H,5-7,10H2,1-4H3. The molecule has 1 unspecified atom stereocenters. The fourth-order valence-corrected chi connectivity index (χ4v) is 1.69. The van der Waals surface area contributed by atoms with Gasteiger partial charge in [-0.15, -0.1) is 0 Å². The number of carbonyl (C=O) groups is 1. The van der Waals surface area contributed by atoms with Crippen LogP contribution in [0.1, 0.15) is 50.5 Å². The number of aromatic nitrogens is 2. The minimum Gasteiger partial charge on any atom is -0.338 e. The second kappa shape index (κ2) is 7.07. The van der Waals surface area contributed by atoms with Crippen LogP contribution in [0.4, 0.5) is 0 Å². The van der Waals surface area contributed by atoms with E-state index in [1.54, 1.807) is 11.9 Å². The van der Waals surface area contributed by atoms with E-state index in [2.05, 4.69) is 12.0 Å². The molecule has 1 aromatic heterocycles. The van der Waals surface area contributed by atoms with Crippen LogP contribution in [0.15, 0.2) is 16.9 Å². The molecule has 0 aliphatic heterocycles. The molecule has 0 fully saturated rings. The van der Waals surface area contributed by atoms with E-state index in [4.69, 9.17) is 0 Å². The third kappa shape index (κ3) is 3.91. The quantitative estimate of drug-likeness (QED) is 0.789. The van der Waals surface area contributed by atoms with Crippen molar-refractivity contribution in [3.8, 4) is 0 Å². The fourth-order valence-electron chi connectivity index (χ4n) is 1.69. The maximum Gasteiger partial charge on any atom is 0.274 e. The molecule has 0 saturated carbocycles. The molecular formula is C14H23N3O2. The Bertz CT molecular complexity index is 482. The van der Waals surface area contributed by atoms with Gasteiger partial charge < -0.3 is 4.90 Å². The van der Waals surface area contributed by atoms with Gasteiger partial charge in [0.15, 0.2) is 0 Å². The molecule has 1 heterocycles. The van der Waals surface area contributed by atoms with E-state index in [0.717, 1.165) is 19.3 Å². The molecule has 1 atom stereocenters. The molecular weight excluding hydrogens is 242 g/mol. The maximum absolute atomic E-state index is 12.2. The number of aryl methyl sites for hydroxylation is 1. The van der Waals surface area contributed by atoms with Crippen molar-refractivity contribution < 1.29 is 4.79 Å². The Morgan fingerprint density at radius 3 is 2.68 bits per heavy atom. The highest BCUT2D eigenvalue weighted by molar-refractivity contribution is 5.92. The third-order valence-electron chi connectivity index (χ3n) is 3.38. The van der Waals surface area contributed by atoms with Crippen molar-refractivity contribution in [2.24, 2.45) is 0 Å². The number of hydrogen-bond donors (Lipinski definition) is 0. The van der Waals surface area contributed by atoms with E-state index in [-0.39, 0.29) is 17.5 Å². The molecule has 0 saturated heterocycles. The van der Waals surface area contributed by atoms with Crippen LogP contribution in [0, 0.1) is 0 Å². The van der Waals surface area contributed by atoms with Crippen LogP contribution in [-0.4, -0.2) is 33.7 Å². The Morgan fingerprint density at radius 2 is 2.11 bits per heavy atom. The topological polar surface area (TPSA) is 55.2 Å². The summed E-state index contributed by atoms with van der Waals surface area (Å²) in [5.74, 6) is -0.139. The number of rotatable bonds is 6. The van der Waals surface area contributed by atoms with Crippen molar-refractivity contribution in [2.75, 3.05) is 7.05 Å². The average molecular weight is 265 g/mol. The Labute approximate surface area is 114 Å². The molecule has 106 valence electrons. The Hall–Kier alpha value is -1.65. The number of amides is 1. The molecule has 0 spiro atoms. The van der Waals surface area contributed by atoms with Gasteiger partial charge in [0.2, 0.25) is 0 Å². The summed E-state index contributed by atoms with van der Waals surface area (Å²) in [5, 5.41) is 4.16. The minimum atomic E-state index is -0.156. The van der Waals surface area contributed by atoms with Gasteiger partial charge in [-0.05, 0) is 25.8 Å². The largest absolute Gasteiger partial charge is 0.338 e. The highest BCUT2D eigenvalue weighted by Gasteiger charge is 2.18. The van der Waals surface area contributed by atoms with Gasteiger partial charge in [0.1, 0.15) is 5.69 Å². The number of nitrogens with zero attached hydrogens (tertiary/aromatic N) is 3. The smallest absolute Gasteiger partial charge is 0.274 e. The van der Waals surface area contributed by atoms with E-state index in [9.17, 15) is 9.59 Å². The normalized spacial score (nSPS) is 12.2. The molecule has 0 radical (unpaired) electrons. The van der Waals surface area contributed by atoms with E-state index in [1.807, 2.05) is 13.8 Å². The van der Waals surface area contributed by atoms with Crippen LogP contribution in [0.2, 0.25) is 0 Å². The summed E-state index contributed by atoms with van der Waals surface area (Å²) in [6.45, 7) is 6.63. The van der Waals surface area contributed by atoms with E-state index >= 15 is 0 Å². The summed E-state index contributed by atoms with van der Waals surface area (Å²) in [7, 11) is 1.76. The molecule has 0 bridgehead atoms. The van der Waals surface area contributed by atoms with Crippen LogP contribution >= 0.6 is 0 Å². The lowest BCUT2D eigenvalue weighted by Gasteiger charge is -2.23. The second-order valence-electron chi connectivity index (χ2n) is 4.81. The van der Waals surface area contributed by atoms with Crippen molar-refractivity contribution in [2.45, 2.75) is 52.6 Å². The lowest BCUT2D eigenvalue weighted by atomic mass is 10.2. The summed E-state index contributed by atoms with van der Waals surface area (Å²) in [5.41, 5.74) is 0.176. The Kier molecular flexibility index (Phi) is 5.73. The summed E-state index contributed by atoms with van der Waals surface area (Å²) in [4.78, 5) is 25.5. The van der Waals surface area contributed by atoms with Gasteiger partial charge in [-0.1, -0.05) is 20.3 Å². The molecule has 5 nitrogen and oxygen atoms in total. The minimum absolute atomic E-state index is 0.139. The maximum atomic E-state index is 12.2. The van der Waals surface area contributed by atoms with Gasteiger partial charge in [0.05, 0.1) is 0 Å². The second-order valence-corrected chi connectivity index (χ2v) is 4.81. The molecule has 0 aliphatic carbocycles. The van der Waals surface area contributed by atoms with Gasteiger partial charge in [-0.25, -0.2) is 4.68 Å². The zero-order valence-corrected chi connectivity index (χ0v) is 12.2. The van der Waals surface area contributed by atoms with E-state index < -0.39 is 0 Å². The van der Waals surface area contributed by atoms with Gasteiger partial charge in [-0.3, -0.25) is 9.59 Å². The molecule has 1 amide bonds. The average Bonchev–Trinajstić information content (AvgIpc) is 2.44. The lowest BCUT2D eigenvalue weighted by Crippen LogP contribution is -2.36. The molecule has 19 heavy (non-hydrogen) atoms. The van der Waals surface area contributed by atoms with Gasteiger partial charge >= 0.3 is 0 Å². The van der Waals surface area contributed by atoms with Crippen LogP contribution in [-0.2, 0) is 6.54 Å². The van der Waals surface area contributed by atoms with Crippen molar-refractivity contribution >= 4 is 5.91 Å². The summed E-state index contributed by atoms with van der Waals surface area (Å²) < 4.78 is 1.38. The van der Waals surface area contributed by atoms with Crippen molar-refractivity contribution in [1.82, 2.24) is 14.7 Å². The molecule has 1 aromatic rings. The fraction of sp³-hybridized carbons (Fsp3) is 0.643. The highest BCUT2D eigenvalue weighted by atomic mass is 16.2. The van der Waals surface area contributed by atoms with Crippen molar-refractivity contribution in [3.63, 3.8) is 0 Å². The highest BCUT2D eigenvalue weighted by Crippen LogP contribution is 2.05. The monoisotopic (exact) mass is 265 g/mol. The SMILES string of the molecule is CCCCn1nc(C(=O)N(C)C(C)CC)ccc1=O. The van der Waals surface area contributed by atoms with Crippen LogP contribution in [0.3, 0.4) is 0 Å². The number of hydrogen-bond acceptors (Lipinski definition) is 3. The van der Waals surface area contributed by atoms with Gasteiger partial charge in [0.25, 0.3) is 11.5 Å². The zero-order valence-electron chi connectivity index (χ0n) is 12.2. The predicted molar refractivity (Wildman–Crippen MR) is 75.3 cm³/mol. The van der Waals surface area contributed by atoms with E-state index in [1.165, 1.54) is 16.8 Å². The summed E-state index contributed by atoms with van der Waals surface area (Å²) in [6.07, 6.45) is 2.75. The van der Waals surface area contributed by atoms with Crippen LogP contribution in [0.5, 0.6) is 0 Å². The van der Waals surface area contributed by atoms with Crippen molar-refractivity contribution in [3.05, 3.63) is 28.2 Å². The van der Waals surface area contributed by atoms with Crippen LogP contribution < -0.4 is 5.56 Å². The Morgan fingerprint density at radius 1 is 1.42 bits per heavy atom. The molecule has 5 heteroatoms. The first-order valence-corrected chi connectivity index (χ1v) is 6.86. The lowest BCUT2D eigenvalue weighted by molar-refractivity contribution is 0.0731. The first-order valence-electron chi connectivity index (χ1n) is 6.86. The summed E-state index contributed by atoms with van der Waals surface area (Å²) >= 11 is 0. The molecule has 0 N–H and O–H groups in total. The summed E-state index contributed by atoms with van der Waals surface area (Å²) in [6, 6.07) is 3.08.